The summed E-state index contributed by atoms with van der Waals surface area (Å²) < 4.78 is 19.5. The highest BCUT2D eigenvalue weighted by Crippen LogP contribution is 2.17. The third-order valence-electron chi connectivity index (χ3n) is 5.96. The standard InChI is InChI=1S/C27H45FNOP/c1-2-3-4-5-6-7-8-9-10-11-12-13-14-15-16-17-27(23-31)30-22-25-18-24(21-29)19-26(28)20-25/h18-20,27H,2-17,22-23,31H2,1H3. The maximum absolute atomic E-state index is 13.5. The summed E-state index contributed by atoms with van der Waals surface area (Å²) in [5.41, 5.74) is 1.08. The SMILES string of the molecule is CCCCCCCCCCCCCCCCCC(CP)OCc1cc(F)cc(C#N)c1. The van der Waals surface area contributed by atoms with E-state index in [1.165, 1.54) is 108 Å². The lowest BCUT2D eigenvalue weighted by atomic mass is 10.0. The molecule has 1 aromatic carbocycles. The Kier molecular flexibility index (Phi) is 17.8. The van der Waals surface area contributed by atoms with Crippen molar-refractivity contribution in [2.45, 2.75) is 122 Å². The molecule has 0 saturated carbocycles. The fraction of sp³-hybridized carbons (Fsp3) is 0.741. The third-order valence-corrected chi connectivity index (χ3v) is 6.49. The van der Waals surface area contributed by atoms with Crippen LogP contribution in [0.5, 0.6) is 0 Å². The summed E-state index contributed by atoms with van der Waals surface area (Å²) in [7, 11) is 2.76. The predicted octanol–water partition coefficient (Wildman–Crippen LogP) is 8.72. The molecule has 0 aromatic heterocycles. The second-order valence-electron chi connectivity index (χ2n) is 8.87. The monoisotopic (exact) mass is 449 g/mol. The number of benzene rings is 1. The van der Waals surface area contributed by atoms with Crippen LogP contribution in [-0.2, 0) is 11.3 Å². The molecular weight excluding hydrogens is 404 g/mol. The second kappa shape index (κ2) is 19.7. The van der Waals surface area contributed by atoms with Crippen molar-refractivity contribution in [3.8, 4) is 6.07 Å². The van der Waals surface area contributed by atoms with E-state index in [1.54, 1.807) is 6.07 Å². The van der Waals surface area contributed by atoms with Crippen LogP contribution in [0.4, 0.5) is 4.39 Å². The van der Waals surface area contributed by atoms with Crippen molar-refractivity contribution < 1.29 is 9.13 Å². The van der Waals surface area contributed by atoms with Crippen molar-refractivity contribution in [1.82, 2.24) is 0 Å². The van der Waals surface area contributed by atoms with Gasteiger partial charge in [0, 0.05) is 0 Å². The summed E-state index contributed by atoms with van der Waals surface area (Å²) in [6.07, 6.45) is 22.7. The molecule has 0 radical (unpaired) electrons. The Balaban J connectivity index is 1.96. The molecule has 0 N–H and O–H groups in total. The van der Waals surface area contributed by atoms with Gasteiger partial charge in [-0.3, -0.25) is 0 Å². The topological polar surface area (TPSA) is 33.0 Å². The predicted molar refractivity (Wildman–Crippen MR) is 134 cm³/mol. The van der Waals surface area contributed by atoms with E-state index >= 15 is 0 Å². The molecule has 4 heteroatoms. The van der Waals surface area contributed by atoms with Crippen molar-refractivity contribution in [3.63, 3.8) is 0 Å². The van der Waals surface area contributed by atoms with Gasteiger partial charge in [-0.25, -0.2) is 4.39 Å². The first-order valence-corrected chi connectivity index (χ1v) is 13.5. The minimum absolute atomic E-state index is 0.181. The number of hydrogen-bond acceptors (Lipinski definition) is 2. The molecular formula is C27H45FNOP. The van der Waals surface area contributed by atoms with Gasteiger partial charge in [-0.05, 0) is 36.3 Å². The first-order chi connectivity index (χ1) is 15.2. The molecule has 0 heterocycles. The smallest absolute Gasteiger partial charge is 0.124 e. The molecule has 1 rings (SSSR count). The van der Waals surface area contributed by atoms with Crippen LogP contribution < -0.4 is 0 Å². The van der Waals surface area contributed by atoms with Gasteiger partial charge >= 0.3 is 0 Å². The maximum Gasteiger partial charge on any atom is 0.124 e. The fourth-order valence-corrected chi connectivity index (χ4v) is 4.40. The van der Waals surface area contributed by atoms with Crippen LogP contribution in [0, 0.1) is 17.1 Å². The highest BCUT2D eigenvalue weighted by atomic mass is 31.0. The minimum atomic E-state index is -0.373. The molecule has 0 aliphatic rings. The molecule has 0 spiro atoms. The van der Waals surface area contributed by atoms with E-state index in [4.69, 9.17) is 10.00 Å². The molecule has 0 aliphatic carbocycles. The Morgan fingerprint density at radius 2 is 1.35 bits per heavy atom. The highest BCUT2D eigenvalue weighted by molar-refractivity contribution is 7.16. The van der Waals surface area contributed by atoms with Crippen LogP contribution in [0.2, 0.25) is 0 Å². The van der Waals surface area contributed by atoms with Crippen LogP contribution >= 0.6 is 9.24 Å². The summed E-state index contributed by atoms with van der Waals surface area (Å²) >= 11 is 0. The number of hydrogen-bond donors (Lipinski definition) is 0. The lowest BCUT2D eigenvalue weighted by molar-refractivity contribution is 0.0487. The van der Waals surface area contributed by atoms with Crippen LogP contribution in [-0.4, -0.2) is 12.3 Å². The molecule has 31 heavy (non-hydrogen) atoms. The lowest BCUT2D eigenvalue weighted by Crippen LogP contribution is -2.14. The van der Waals surface area contributed by atoms with Crippen molar-refractivity contribution in [3.05, 3.63) is 35.1 Å². The molecule has 0 bridgehead atoms. The van der Waals surface area contributed by atoms with Crippen molar-refractivity contribution in [1.29, 1.82) is 5.26 Å². The largest absolute Gasteiger partial charge is 0.373 e. The van der Waals surface area contributed by atoms with E-state index in [2.05, 4.69) is 16.2 Å². The van der Waals surface area contributed by atoms with Crippen LogP contribution in [0.15, 0.2) is 18.2 Å². The van der Waals surface area contributed by atoms with Gasteiger partial charge in [0.05, 0.1) is 24.3 Å². The Hall–Kier alpha value is -0.970. The molecule has 2 unspecified atom stereocenters. The number of rotatable bonds is 20. The second-order valence-corrected chi connectivity index (χ2v) is 9.34. The van der Waals surface area contributed by atoms with E-state index in [1.807, 2.05) is 6.07 Å². The molecule has 0 amide bonds. The van der Waals surface area contributed by atoms with Crippen molar-refractivity contribution in [2.24, 2.45) is 0 Å². The average molecular weight is 450 g/mol. The van der Waals surface area contributed by atoms with E-state index < -0.39 is 0 Å². The normalized spacial score (nSPS) is 12.1. The number of nitrogens with zero attached hydrogens (tertiary/aromatic N) is 1. The molecule has 2 atom stereocenters. The number of unbranched alkanes of at least 4 members (excludes halogenated alkanes) is 14. The van der Waals surface area contributed by atoms with Crippen molar-refractivity contribution in [2.75, 3.05) is 6.16 Å². The molecule has 0 fully saturated rings. The number of ether oxygens (including phenoxy) is 1. The summed E-state index contributed by atoms with van der Waals surface area (Å²) in [5, 5.41) is 8.95. The summed E-state index contributed by atoms with van der Waals surface area (Å²) in [6, 6.07) is 6.41. The first kappa shape index (κ1) is 28.1. The van der Waals surface area contributed by atoms with Gasteiger partial charge in [-0.15, -0.1) is 9.24 Å². The first-order valence-electron chi connectivity index (χ1n) is 12.7. The third kappa shape index (κ3) is 15.5. The van der Waals surface area contributed by atoms with Gasteiger partial charge < -0.3 is 4.74 Å². The van der Waals surface area contributed by atoms with Gasteiger partial charge in [0.1, 0.15) is 5.82 Å². The van der Waals surface area contributed by atoms with Gasteiger partial charge in [-0.2, -0.15) is 5.26 Å². The van der Waals surface area contributed by atoms with Gasteiger partial charge in [0.15, 0.2) is 0 Å². The molecule has 2 nitrogen and oxygen atoms in total. The summed E-state index contributed by atoms with van der Waals surface area (Å²) in [4.78, 5) is 0. The molecule has 176 valence electrons. The maximum atomic E-state index is 13.5. The number of halogens is 1. The van der Waals surface area contributed by atoms with E-state index in [0.717, 1.165) is 18.1 Å². The van der Waals surface area contributed by atoms with Gasteiger partial charge in [-0.1, -0.05) is 103 Å². The van der Waals surface area contributed by atoms with E-state index in [-0.39, 0.29) is 11.9 Å². The zero-order valence-electron chi connectivity index (χ0n) is 19.8. The Morgan fingerprint density at radius 3 is 1.84 bits per heavy atom. The van der Waals surface area contributed by atoms with E-state index in [9.17, 15) is 4.39 Å². The average Bonchev–Trinajstić information content (AvgIpc) is 2.78. The molecule has 0 aliphatic heterocycles. The van der Waals surface area contributed by atoms with E-state index in [0.29, 0.717) is 12.2 Å². The van der Waals surface area contributed by atoms with Crippen molar-refractivity contribution >= 4 is 9.24 Å². The summed E-state index contributed by atoms with van der Waals surface area (Å²) in [5.74, 6) is -0.373. The number of nitriles is 1. The van der Waals surface area contributed by atoms with Crippen LogP contribution in [0.25, 0.3) is 0 Å². The van der Waals surface area contributed by atoms with Crippen LogP contribution in [0.3, 0.4) is 0 Å². The Morgan fingerprint density at radius 1 is 0.839 bits per heavy atom. The van der Waals surface area contributed by atoms with Gasteiger partial charge in [0.2, 0.25) is 0 Å². The fourth-order valence-electron chi connectivity index (χ4n) is 4.02. The quantitative estimate of drug-likeness (QED) is 0.147. The highest BCUT2D eigenvalue weighted by Gasteiger charge is 2.08. The Labute approximate surface area is 193 Å². The lowest BCUT2D eigenvalue weighted by Gasteiger charge is -2.16. The Bertz CT molecular complexity index is 601. The molecule has 1 aromatic rings. The van der Waals surface area contributed by atoms with Crippen LogP contribution in [0.1, 0.15) is 121 Å². The molecule has 0 saturated heterocycles. The zero-order chi connectivity index (χ0) is 22.6. The summed E-state index contributed by atoms with van der Waals surface area (Å²) in [6.45, 7) is 2.64. The zero-order valence-corrected chi connectivity index (χ0v) is 21.0. The van der Waals surface area contributed by atoms with Gasteiger partial charge in [0.25, 0.3) is 0 Å². The minimum Gasteiger partial charge on any atom is -0.373 e.